The number of aliphatic carboxylic acids is 1. The van der Waals surface area contributed by atoms with Gasteiger partial charge >= 0.3 is 18.9 Å². The summed E-state index contributed by atoms with van der Waals surface area (Å²) in [6.45, 7) is -0.465. The van der Waals surface area contributed by atoms with Gasteiger partial charge in [-0.15, -0.1) is 11.6 Å². The number of carboxylic acid groups (broad SMARTS) is 1. The van der Waals surface area contributed by atoms with Crippen LogP contribution in [0.1, 0.15) is 32.1 Å². The molecule has 0 bridgehead atoms. The van der Waals surface area contributed by atoms with E-state index in [1.165, 1.54) is 0 Å². The summed E-state index contributed by atoms with van der Waals surface area (Å²) in [6, 6.07) is 0. The van der Waals surface area contributed by atoms with Crippen LogP contribution in [0.25, 0.3) is 0 Å². The molecular formula is C9H13ClLiNO3. The van der Waals surface area contributed by atoms with Gasteiger partial charge in [-0.05, 0) is 12.8 Å². The first kappa shape index (κ1) is 14.8. The van der Waals surface area contributed by atoms with E-state index in [0.717, 1.165) is 19.3 Å². The fourth-order valence-corrected chi connectivity index (χ4v) is 1.98. The number of halogens is 1. The number of carbonyl (C=O) groups is 2. The molecule has 0 unspecified atom stereocenters. The Morgan fingerprint density at radius 1 is 1.27 bits per heavy atom. The smallest absolute Gasteiger partial charge is 0.548 e. The normalized spacial score (nSPS) is 18.7. The summed E-state index contributed by atoms with van der Waals surface area (Å²) in [7, 11) is 0. The quantitative estimate of drug-likeness (QED) is 0.406. The van der Waals surface area contributed by atoms with Gasteiger partial charge in [0, 0.05) is 0 Å². The van der Waals surface area contributed by atoms with Crippen LogP contribution in [0.4, 0.5) is 0 Å². The molecule has 0 heterocycles. The zero-order chi connectivity index (χ0) is 10.6. The zero-order valence-electron chi connectivity index (χ0n) is 8.85. The van der Waals surface area contributed by atoms with Gasteiger partial charge in [0.2, 0.25) is 5.91 Å². The second-order valence-corrected chi connectivity index (χ2v) is 4.30. The van der Waals surface area contributed by atoms with Gasteiger partial charge in [0.15, 0.2) is 0 Å². The van der Waals surface area contributed by atoms with Gasteiger partial charge in [-0.25, -0.2) is 0 Å². The van der Waals surface area contributed by atoms with Crippen molar-refractivity contribution >= 4 is 23.5 Å². The minimum absolute atomic E-state index is 0. The standard InChI is InChI=1S/C9H14ClNO3.Li/c10-9(4-2-1-3-5-9)8(14)11-6-7(12)13;/h1-6H2,(H,11,14)(H,12,13);/q;+1/p-1. The maximum Gasteiger partial charge on any atom is 1.00 e. The van der Waals surface area contributed by atoms with Crippen molar-refractivity contribution in [2.75, 3.05) is 6.54 Å². The molecule has 1 amide bonds. The van der Waals surface area contributed by atoms with Crippen molar-refractivity contribution in [2.45, 2.75) is 37.0 Å². The number of rotatable bonds is 3. The molecule has 0 atom stereocenters. The van der Waals surface area contributed by atoms with E-state index in [1.807, 2.05) is 0 Å². The van der Waals surface area contributed by atoms with E-state index in [-0.39, 0.29) is 24.8 Å². The summed E-state index contributed by atoms with van der Waals surface area (Å²) >= 11 is 6.08. The number of amides is 1. The molecule has 0 radical (unpaired) electrons. The van der Waals surface area contributed by atoms with Crippen LogP contribution in [-0.2, 0) is 9.59 Å². The summed E-state index contributed by atoms with van der Waals surface area (Å²) < 4.78 is 0. The first-order chi connectivity index (χ1) is 6.54. The Bertz CT molecular complexity index is 242. The molecule has 1 aliphatic rings. The third-order valence-electron chi connectivity index (χ3n) is 2.45. The third-order valence-corrected chi connectivity index (χ3v) is 3.00. The van der Waals surface area contributed by atoms with E-state index in [0.29, 0.717) is 12.8 Å². The molecule has 1 rings (SSSR count). The minimum Gasteiger partial charge on any atom is -0.548 e. The van der Waals surface area contributed by atoms with E-state index in [2.05, 4.69) is 5.32 Å². The Morgan fingerprint density at radius 2 is 1.80 bits per heavy atom. The summed E-state index contributed by atoms with van der Waals surface area (Å²) in [6.07, 6.45) is 4.16. The molecule has 0 saturated heterocycles. The predicted octanol–water partition coefficient (Wildman–Crippen LogP) is -3.20. The van der Waals surface area contributed by atoms with Crippen molar-refractivity contribution in [3.63, 3.8) is 0 Å². The van der Waals surface area contributed by atoms with Gasteiger partial charge < -0.3 is 15.2 Å². The molecular weight excluding hydrogens is 212 g/mol. The molecule has 0 spiro atoms. The summed E-state index contributed by atoms with van der Waals surface area (Å²) in [5, 5.41) is 12.4. The Labute approximate surface area is 106 Å². The van der Waals surface area contributed by atoms with Crippen molar-refractivity contribution in [1.82, 2.24) is 5.32 Å². The molecule has 4 nitrogen and oxygen atoms in total. The van der Waals surface area contributed by atoms with E-state index in [9.17, 15) is 14.7 Å². The minimum atomic E-state index is -1.30. The molecule has 1 saturated carbocycles. The average Bonchev–Trinajstić information content (AvgIpc) is 2.15. The molecule has 80 valence electrons. The van der Waals surface area contributed by atoms with Crippen LogP contribution in [-0.4, -0.2) is 23.3 Å². The van der Waals surface area contributed by atoms with Gasteiger partial charge in [0.25, 0.3) is 0 Å². The molecule has 1 fully saturated rings. The molecule has 0 aliphatic heterocycles. The summed E-state index contributed by atoms with van der Waals surface area (Å²) in [5.74, 6) is -1.68. The zero-order valence-corrected chi connectivity index (χ0v) is 9.60. The first-order valence-electron chi connectivity index (χ1n) is 4.72. The average molecular weight is 226 g/mol. The van der Waals surface area contributed by atoms with Crippen molar-refractivity contribution in [3.8, 4) is 0 Å². The van der Waals surface area contributed by atoms with Crippen LogP contribution in [0.3, 0.4) is 0 Å². The largest absolute Gasteiger partial charge is 1.00 e. The maximum atomic E-state index is 11.5. The molecule has 1 N–H and O–H groups in total. The summed E-state index contributed by atoms with van der Waals surface area (Å²) in [5.41, 5.74) is 0. The third kappa shape index (κ3) is 4.46. The van der Waals surface area contributed by atoms with Crippen molar-refractivity contribution < 1.29 is 33.6 Å². The monoisotopic (exact) mass is 225 g/mol. The number of hydrogen-bond acceptors (Lipinski definition) is 3. The second kappa shape index (κ2) is 6.42. The van der Waals surface area contributed by atoms with Crippen LogP contribution in [0.15, 0.2) is 0 Å². The van der Waals surface area contributed by atoms with Crippen LogP contribution < -0.4 is 29.3 Å². The van der Waals surface area contributed by atoms with Crippen LogP contribution in [0.2, 0.25) is 0 Å². The van der Waals surface area contributed by atoms with E-state index in [1.54, 1.807) is 0 Å². The van der Waals surface area contributed by atoms with Crippen LogP contribution in [0.5, 0.6) is 0 Å². The summed E-state index contributed by atoms with van der Waals surface area (Å²) in [4.78, 5) is 20.7. The Morgan fingerprint density at radius 3 is 2.27 bits per heavy atom. The van der Waals surface area contributed by atoms with Gasteiger partial charge in [-0.3, -0.25) is 4.79 Å². The number of hydrogen-bond donors (Lipinski definition) is 1. The topological polar surface area (TPSA) is 69.2 Å². The second-order valence-electron chi connectivity index (χ2n) is 3.58. The Hall–Kier alpha value is -0.173. The van der Waals surface area contributed by atoms with Crippen molar-refractivity contribution in [1.29, 1.82) is 0 Å². The predicted molar refractivity (Wildman–Crippen MR) is 49.7 cm³/mol. The van der Waals surface area contributed by atoms with Crippen LogP contribution in [0, 0.1) is 0 Å². The SMILES string of the molecule is O=C([O-])CNC(=O)C1(Cl)CCCCC1.[Li+]. The van der Waals surface area contributed by atoms with E-state index >= 15 is 0 Å². The van der Waals surface area contributed by atoms with Gasteiger partial charge in [0.05, 0.1) is 12.5 Å². The van der Waals surface area contributed by atoms with E-state index in [4.69, 9.17) is 11.6 Å². The van der Waals surface area contributed by atoms with Crippen molar-refractivity contribution in [3.05, 3.63) is 0 Å². The fraction of sp³-hybridized carbons (Fsp3) is 0.778. The number of carbonyl (C=O) groups excluding carboxylic acids is 2. The Kier molecular flexibility index (Phi) is 6.34. The Balaban J connectivity index is 0.00000196. The van der Waals surface area contributed by atoms with Gasteiger partial charge in [-0.1, -0.05) is 19.3 Å². The number of nitrogens with one attached hydrogen (secondary N) is 1. The molecule has 6 heteroatoms. The van der Waals surface area contributed by atoms with Crippen LogP contribution >= 0.6 is 11.6 Å². The number of carboxylic acids is 1. The molecule has 15 heavy (non-hydrogen) atoms. The van der Waals surface area contributed by atoms with E-state index < -0.39 is 17.4 Å². The fourth-order valence-electron chi connectivity index (χ4n) is 1.65. The molecule has 0 aromatic rings. The molecule has 0 aromatic heterocycles. The van der Waals surface area contributed by atoms with Crippen molar-refractivity contribution in [2.24, 2.45) is 0 Å². The van der Waals surface area contributed by atoms with Gasteiger partial charge in [0.1, 0.15) is 4.87 Å². The van der Waals surface area contributed by atoms with Gasteiger partial charge in [-0.2, -0.15) is 0 Å². The first-order valence-corrected chi connectivity index (χ1v) is 5.09. The molecule has 1 aliphatic carbocycles. The molecule has 0 aromatic carbocycles. The maximum absolute atomic E-state index is 11.5. The number of alkyl halides is 1.